The minimum Gasteiger partial charge on any atom is -0.455 e. The van der Waals surface area contributed by atoms with Crippen LogP contribution in [0.3, 0.4) is 0 Å². The highest BCUT2D eigenvalue weighted by atomic mass is 16.7. The Labute approximate surface area is 166 Å². The summed E-state index contributed by atoms with van der Waals surface area (Å²) in [5.74, 6) is 3.22. The van der Waals surface area contributed by atoms with Crippen molar-refractivity contribution in [2.75, 3.05) is 12.1 Å². The standard InChI is InChI=1S/C21H19N3O5/c1-11-19(12(2)29-24-11)16-7-14-6-15(9-25)28-20(14)21(23-16)22-8-13-3-4-17-18(5-13)27-10-26-17/h3-7,25H,8-10H2,1-2H3,(H,22,23). The average Bonchev–Trinajstić information content (AvgIpc) is 3.43. The van der Waals surface area contributed by atoms with Gasteiger partial charge in [0, 0.05) is 11.9 Å². The Morgan fingerprint density at radius 3 is 2.76 bits per heavy atom. The van der Waals surface area contributed by atoms with Gasteiger partial charge in [0.25, 0.3) is 0 Å². The van der Waals surface area contributed by atoms with Crippen molar-refractivity contribution in [3.63, 3.8) is 0 Å². The van der Waals surface area contributed by atoms with E-state index in [1.165, 1.54) is 0 Å². The topological polar surface area (TPSA) is 103 Å². The molecule has 8 nitrogen and oxygen atoms in total. The smallest absolute Gasteiger partial charge is 0.231 e. The van der Waals surface area contributed by atoms with Crippen molar-refractivity contribution in [1.82, 2.24) is 10.1 Å². The Kier molecular flexibility index (Phi) is 4.13. The first-order valence-corrected chi connectivity index (χ1v) is 9.22. The van der Waals surface area contributed by atoms with E-state index in [2.05, 4.69) is 10.5 Å². The highest BCUT2D eigenvalue weighted by Gasteiger charge is 2.19. The molecule has 0 spiro atoms. The van der Waals surface area contributed by atoms with Crippen LogP contribution < -0.4 is 14.8 Å². The van der Waals surface area contributed by atoms with Gasteiger partial charge in [0.2, 0.25) is 6.79 Å². The van der Waals surface area contributed by atoms with Gasteiger partial charge in [-0.3, -0.25) is 0 Å². The van der Waals surface area contributed by atoms with E-state index in [1.54, 1.807) is 0 Å². The minimum absolute atomic E-state index is 0.184. The molecule has 0 saturated carbocycles. The number of nitrogens with zero attached hydrogens (tertiary/aromatic N) is 2. The molecule has 1 aliphatic rings. The lowest BCUT2D eigenvalue weighted by Crippen LogP contribution is -2.03. The number of ether oxygens (including phenoxy) is 2. The molecule has 1 aromatic carbocycles. The zero-order valence-corrected chi connectivity index (χ0v) is 16.0. The van der Waals surface area contributed by atoms with Gasteiger partial charge in [-0.2, -0.15) is 0 Å². The molecule has 0 amide bonds. The third kappa shape index (κ3) is 3.07. The number of aliphatic hydroxyl groups is 1. The molecule has 5 rings (SSSR count). The number of hydrogen-bond donors (Lipinski definition) is 2. The molecule has 8 heteroatoms. The zero-order chi connectivity index (χ0) is 20.0. The number of benzene rings is 1. The first-order valence-electron chi connectivity index (χ1n) is 9.22. The van der Waals surface area contributed by atoms with Crippen molar-refractivity contribution < 1.29 is 23.5 Å². The van der Waals surface area contributed by atoms with Crippen LogP contribution >= 0.6 is 0 Å². The summed E-state index contributed by atoms with van der Waals surface area (Å²) >= 11 is 0. The number of hydrogen-bond acceptors (Lipinski definition) is 8. The quantitative estimate of drug-likeness (QED) is 0.526. The Morgan fingerprint density at radius 1 is 1.10 bits per heavy atom. The summed E-state index contributed by atoms with van der Waals surface area (Å²) in [6.07, 6.45) is 0. The normalized spacial score (nSPS) is 12.7. The van der Waals surface area contributed by atoms with E-state index in [9.17, 15) is 5.11 Å². The van der Waals surface area contributed by atoms with E-state index in [0.29, 0.717) is 29.5 Å². The summed E-state index contributed by atoms with van der Waals surface area (Å²) in [5, 5.41) is 17.7. The third-order valence-electron chi connectivity index (χ3n) is 4.89. The van der Waals surface area contributed by atoms with Crippen LogP contribution in [0.25, 0.3) is 22.2 Å². The molecule has 0 unspecified atom stereocenters. The molecule has 2 N–H and O–H groups in total. The molecule has 0 saturated heterocycles. The molecular weight excluding hydrogens is 374 g/mol. The number of furan rings is 1. The molecule has 148 valence electrons. The maximum Gasteiger partial charge on any atom is 0.231 e. The van der Waals surface area contributed by atoms with Gasteiger partial charge in [0.1, 0.15) is 18.1 Å². The molecular formula is C21H19N3O5. The van der Waals surface area contributed by atoms with Crippen molar-refractivity contribution in [2.24, 2.45) is 0 Å². The fourth-order valence-corrected chi connectivity index (χ4v) is 3.51. The number of aryl methyl sites for hydroxylation is 2. The van der Waals surface area contributed by atoms with Crippen LogP contribution in [-0.4, -0.2) is 22.0 Å². The Balaban J connectivity index is 1.53. The lowest BCUT2D eigenvalue weighted by Gasteiger charge is -2.09. The van der Waals surface area contributed by atoms with Crippen molar-refractivity contribution >= 4 is 16.8 Å². The number of rotatable bonds is 5. The predicted molar refractivity (Wildman–Crippen MR) is 105 cm³/mol. The molecule has 3 aromatic heterocycles. The lowest BCUT2D eigenvalue weighted by molar-refractivity contribution is 0.174. The molecule has 0 radical (unpaired) electrons. The second-order valence-corrected chi connectivity index (χ2v) is 6.89. The van der Waals surface area contributed by atoms with E-state index < -0.39 is 0 Å². The summed E-state index contributed by atoms with van der Waals surface area (Å²) < 4.78 is 21.9. The third-order valence-corrected chi connectivity index (χ3v) is 4.89. The largest absolute Gasteiger partial charge is 0.455 e. The SMILES string of the molecule is Cc1noc(C)c1-c1cc2cc(CO)oc2c(NCc2ccc3c(c2)OCO3)n1. The second kappa shape index (κ2) is 6.82. The summed E-state index contributed by atoms with van der Waals surface area (Å²) in [6.45, 7) is 4.31. The van der Waals surface area contributed by atoms with Gasteiger partial charge in [0.15, 0.2) is 22.9 Å². The highest BCUT2D eigenvalue weighted by Crippen LogP contribution is 2.35. The van der Waals surface area contributed by atoms with Gasteiger partial charge >= 0.3 is 0 Å². The fraction of sp³-hybridized carbons (Fsp3) is 0.238. The Morgan fingerprint density at radius 2 is 1.97 bits per heavy atom. The van der Waals surface area contributed by atoms with Gasteiger partial charge in [-0.25, -0.2) is 4.98 Å². The van der Waals surface area contributed by atoms with Gasteiger partial charge in [-0.05, 0) is 43.7 Å². The van der Waals surface area contributed by atoms with Crippen LogP contribution in [0.1, 0.15) is 22.8 Å². The van der Waals surface area contributed by atoms with E-state index in [-0.39, 0.29) is 13.4 Å². The molecule has 0 fully saturated rings. The summed E-state index contributed by atoms with van der Waals surface area (Å²) in [7, 11) is 0. The average molecular weight is 393 g/mol. The maximum atomic E-state index is 9.48. The Bertz CT molecular complexity index is 1190. The monoisotopic (exact) mass is 393 g/mol. The second-order valence-electron chi connectivity index (χ2n) is 6.89. The number of pyridine rings is 1. The van der Waals surface area contributed by atoms with Crippen molar-refractivity contribution in [1.29, 1.82) is 0 Å². The number of aromatic nitrogens is 2. The van der Waals surface area contributed by atoms with Crippen LogP contribution in [-0.2, 0) is 13.2 Å². The van der Waals surface area contributed by atoms with Gasteiger partial charge < -0.3 is 28.8 Å². The van der Waals surface area contributed by atoms with Crippen LogP contribution in [0.4, 0.5) is 5.82 Å². The van der Waals surface area contributed by atoms with Crippen LogP contribution in [0.15, 0.2) is 39.3 Å². The van der Waals surface area contributed by atoms with Gasteiger partial charge in [-0.15, -0.1) is 0 Å². The predicted octanol–water partition coefficient (Wildman–Crippen LogP) is 3.93. The minimum atomic E-state index is -0.184. The summed E-state index contributed by atoms with van der Waals surface area (Å²) in [4.78, 5) is 4.76. The first kappa shape index (κ1) is 17.6. The number of fused-ring (bicyclic) bond motifs is 2. The van der Waals surface area contributed by atoms with E-state index in [1.807, 2.05) is 44.2 Å². The van der Waals surface area contributed by atoms with E-state index in [0.717, 1.165) is 39.4 Å². The Hall–Kier alpha value is -3.52. The zero-order valence-electron chi connectivity index (χ0n) is 16.0. The fourth-order valence-electron chi connectivity index (χ4n) is 3.51. The van der Waals surface area contributed by atoms with Crippen LogP contribution in [0, 0.1) is 13.8 Å². The molecule has 0 aliphatic carbocycles. The number of nitrogens with one attached hydrogen (secondary N) is 1. The molecule has 4 heterocycles. The molecule has 29 heavy (non-hydrogen) atoms. The van der Waals surface area contributed by atoms with Gasteiger partial charge in [-0.1, -0.05) is 11.2 Å². The highest BCUT2D eigenvalue weighted by molar-refractivity contribution is 5.91. The number of anilines is 1. The molecule has 0 bridgehead atoms. The lowest BCUT2D eigenvalue weighted by atomic mass is 10.1. The van der Waals surface area contributed by atoms with E-state index in [4.69, 9.17) is 23.4 Å². The molecule has 1 aliphatic heterocycles. The van der Waals surface area contributed by atoms with Crippen molar-refractivity contribution in [3.8, 4) is 22.8 Å². The van der Waals surface area contributed by atoms with Crippen molar-refractivity contribution in [2.45, 2.75) is 27.0 Å². The van der Waals surface area contributed by atoms with Gasteiger partial charge in [0.05, 0.1) is 17.0 Å². The first-order chi connectivity index (χ1) is 14.1. The number of aliphatic hydroxyl groups excluding tert-OH is 1. The van der Waals surface area contributed by atoms with Crippen LogP contribution in [0.5, 0.6) is 11.5 Å². The summed E-state index contributed by atoms with van der Waals surface area (Å²) in [6, 6.07) is 9.52. The van der Waals surface area contributed by atoms with Crippen molar-refractivity contribution in [3.05, 3.63) is 53.1 Å². The van der Waals surface area contributed by atoms with E-state index >= 15 is 0 Å². The summed E-state index contributed by atoms with van der Waals surface area (Å²) in [5.41, 5.74) is 3.95. The molecule has 4 aromatic rings. The van der Waals surface area contributed by atoms with Crippen LogP contribution in [0.2, 0.25) is 0 Å². The maximum absolute atomic E-state index is 9.48. The molecule has 0 atom stereocenters.